The Balaban J connectivity index is 1.54. The lowest BCUT2D eigenvalue weighted by atomic mass is 10.2. The number of benzene rings is 2. The average Bonchev–Trinajstić information content (AvgIpc) is 2.67. The van der Waals surface area contributed by atoms with Crippen LogP contribution in [-0.2, 0) is 0 Å². The molecular weight excluding hydrogens is 357 g/mol. The van der Waals surface area contributed by atoms with Crippen molar-refractivity contribution in [1.29, 1.82) is 0 Å². The van der Waals surface area contributed by atoms with E-state index in [4.69, 9.17) is 0 Å². The quantitative estimate of drug-likeness (QED) is 0.544. The Morgan fingerprint density at radius 3 is 2.50 bits per heavy atom. The SMILES string of the molecule is Cc1ccc(Nc2cc(C)nc(NCCNC(=O)c3ccccc3F)n2)cc1. The fourth-order valence-electron chi connectivity index (χ4n) is 2.59. The van der Waals surface area contributed by atoms with Gasteiger partial charge in [0.15, 0.2) is 0 Å². The molecular formula is C21H22FN5O. The molecule has 2 aromatic carbocycles. The summed E-state index contributed by atoms with van der Waals surface area (Å²) >= 11 is 0. The molecule has 0 bridgehead atoms. The van der Waals surface area contributed by atoms with Crippen molar-refractivity contribution < 1.29 is 9.18 Å². The summed E-state index contributed by atoms with van der Waals surface area (Å²) in [5.74, 6) is 0.137. The molecule has 0 spiro atoms. The Labute approximate surface area is 163 Å². The molecule has 0 aliphatic rings. The zero-order valence-corrected chi connectivity index (χ0v) is 15.8. The minimum Gasteiger partial charge on any atom is -0.352 e. The number of aryl methyl sites for hydroxylation is 2. The highest BCUT2D eigenvalue weighted by Crippen LogP contribution is 2.17. The molecule has 3 aromatic rings. The lowest BCUT2D eigenvalue weighted by Gasteiger charge is -2.11. The molecule has 0 radical (unpaired) electrons. The first-order chi connectivity index (χ1) is 13.5. The fourth-order valence-corrected chi connectivity index (χ4v) is 2.59. The maximum atomic E-state index is 13.6. The van der Waals surface area contributed by atoms with Crippen molar-refractivity contribution in [3.8, 4) is 0 Å². The van der Waals surface area contributed by atoms with Gasteiger partial charge in [0.25, 0.3) is 5.91 Å². The van der Waals surface area contributed by atoms with E-state index in [1.54, 1.807) is 12.1 Å². The number of carbonyl (C=O) groups excluding carboxylic acids is 1. The van der Waals surface area contributed by atoms with Crippen molar-refractivity contribution >= 4 is 23.4 Å². The van der Waals surface area contributed by atoms with Crippen molar-refractivity contribution in [2.75, 3.05) is 23.7 Å². The summed E-state index contributed by atoms with van der Waals surface area (Å²) in [6.07, 6.45) is 0. The van der Waals surface area contributed by atoms with Gasteiger partial charge >= 0.3 is 0 Å². The Bertz CT molecular complexity index is 959. The number of carbonyl (C=O) groups is 1. The summed E-state index contributed by atoms with van der Waals surface area (Å²) in [6.45, 7) is 4.64. The first kappa shape index (κ1) is 19.3. The third kappa shape index (κ3) is 5.26. The van der Waals surface area contributed by atoms with E-state index in [1.807, 2.05) is 44.2 Å². The van der Waals surface area contributed by atoms with Crippen LogP contribution in [0.3, 0.4) is 0 Å². The molecule has 1 amide bonds. The van der Waals surface area contributed by atoms with E-state index in [1.165, 1.54) is 17.7 Å². The number of amides is 1. The second kappa shape index (κ2) is 8.94. The van der Waals surface area contributed by atoms with Crippen molar-refractivity contribution in [3.05, 3.63) is 77.2 Å². The molecule has 0 saturated heterocycles. The normalized spacial score (nSPS) is 10.4. The van der Waals surface area contributed by atoms with Crippen LogP contribution in [0.5, 0.6) is 0 Å². The summed E-state index contributed by atoms with van der Waals surface area (Å²) in [7, 11) is 0. The largest absolute Gasteiger partial charge is 0.352 e. The number of nitrogens with one attached hydrogen (secondary N) is 3. The van der Waals surface area contributed by atoms with Crippen LogP contribution in [0, 0.1) is 19.7 Å². The van der Waals surface area contributed by atoms with Crippen LogP contribution in [0.2, 0.25) is 0 Å². The molecule has 0 aliphatic carbocycles. The van der Waals surface area contributed by atoms with Crippen LogP contribution < -0.4 is 16.0 Å². The number of hydrogen-bond donors (Lipinski definition) is 3. The highest BCUT2D eigenvalue weighted by atomic mass is 19.1. The molecule has 0 fully saturated rings. The van der Waals surface area contributed by atoms with Gasteiger partial charge in [0.05, 0.1) is 5.56 Å². The monoisotopic (exact) mass is 379 g/mol. The summed E-state index contributed by atoms with van der Waals surface area (Å²) in [5.41, 5.74) is 2.96. The van der Waals surface area contributed by atoms with Gasteiger partial charge in [-0.05, 0) is 38.1 Å². The van der Waals surface area contributed by atoms with Gasteiger partial charge in [-0.2, -0.15) is 4.98 Å². The van der Waals surface area contributed by atoms with Crippen molar-refractivity contribution in [1.82, 2.24) is 15.3 Å². The summed E-state index contributed by atoms with van der Waals surface area (Å²) in [5, 5.41) is 8.99. The second-order valence-corrected chi connectivity index (χ2v) is 6.37. The molecule has 0 saturated carbocycles. The summed E-state index contributed by atoms with van der Waals surface area (Å²) < 4.78 is 13.6. The zero-order valence-electron chi connectivity index (χ0n) is 15.8. The van der Waals surface area contributed by atoms with Gasteiger partial charge in [-0.25, -0.2) is 9.37 Å². The van der Waals surface area contributed by atoms with Gasteiger partial charge in [0.1, 0.15) is 11.6 Å². The molecule has 0 unspecified atom stereocenters. The van der Waals surface area contributed by atoms with Crippen LogP contribution in [0.15, 0.2) is 54.6 Å². The highest BCUT2D eigenvalue weighted by molar-refractivity contribution is 5.94. The van der Waals surface area contributed by atoms with Gasteiger partial charge in [-0.15, -0.1) is 0 Å². The molecule has 1 heterocycles. The second-order valence-electron chi connectivity index (χ2n) is 6.37. The number of rotatable bonds is 7. The van der Waals surface area contributed by atoms with Gasteiger partial charge in [0, 0.05) is 30.5 Å². The van der Waals surface area contributed by atoms with Crippen LogP contribution in [0.25, 0.3) is 0 Å². The highest BCUT2D eigenvalue weighted by Gasteiger charge is 2.10. The number of anilines is 3. The van der Waals surface area contributed by atoms with E-state index in [9.17, 15) is 9.18 Å². The van der Waals surface area contributed by atoms with Crippen molar-refractivity contribution in [2.24, 2.45) is 0 Å². The minimum atomic E-state index is -0.540. The van der Waals surface area contributed by atoms with Crippen LogP contribution in [-0.4, -0.2) is 29.0 Å². The molecule has 0 aliphatic heterocycles. The number of hydrogen-bond acceptors (Lipinski definition) is 5. The molecule has 144 valence electrons. The van der Waals surface area contributed by atoms with Gasteiger partial charge in [-0.3, -0.25) is 4.79 Å². The minimum absolute atomic E-state index is 0.0267. The van der Waals surface area contributed by atoms with Gasteiger partial charge in [0.2, 0.25) is 5.95 Å². The van der Waals surface area contributed by atoms with Crippen LogP contribution in [0.4, 0.5) is 21.8 Å². The maximum absolute atomic E-state index is 13.6. The Kier molecular flexibility index (Phi) is 6.16. The molecule has 7 heteroatoms. The molecule has 0 atom stereocenters. The number of aromatic nitrogens is 2. The van der Waals surface area contributed by atoms with E-state index in [0.717, 1.165) is 11.4 Å². The Morgan fingerprint density at radius 2 is 1.75 bits per heavy atom. The third-order valence-electron chi connectivity index (χ3n) is 3.99. The Morgan fingerprint density at radius 1 is 1.00 bits per heavy atom. The average molecular weight is 379 g/mol. The standard InChI is InChI=1S/C21H22FN5O/c1-14-7-9-16(10-8-14)26-19-13-15(2)25-21(27-19)24-12-11-23-20(28)17-5-3-4-6-18(17)22/h3-10,13H,11-12H2,1-2H3,(H,23,28)(H2,24,25,26,27). The third-order valence-corrected chi connectivity index (χ3v) is 3.99. The Hall–Kier alpha value is -3.48. The lowest BCUT2D eigenvalue weighted by molar-refractivity contribution is 0.0951. The lowest BCUT2D eigenvalue weighted by Crippen LogP contribution is -2.29. The van der Waals surface area contributed by atoms with E-state index >= 15 is 0 Å². The smallest absolute Gasteiger partial charge is 0.254 e. The molecule has 6 nitrogen and oxygen atoms in total. The van der Waals surface area contributed by atoms with Crippen LogP contribution in [0.1, 0.15) is 21.6 Å². The van der Waals surface area contributed by atoms with Crippen LogP contribution >= 0.6 is 0 Å². The number of nitrogens with zero attached hydrogens (tertiary/aromatic N) is 2. The van der Waals surface area contributed by atoms with Crippen molar-refractivity contribution in [3.63, 3.8) is 0 Å². The van der Waals surface area contributed by atoms with E-state index in [0.29, 0.717) is 24.9 Å². The first-order valence-corrected chi connectivity index (χ1v) is 8.97. The first-order valence-electron chi connectivity index (χ1n) is 8.97. The summed E-state index contributed by atoms with van der Waals surface area (Å²) in [4.78, 5) is 20.8. The van der Waals surface area contributed by atoms with Gasteiger partial charge in [-0.1, -0.05) is 29.8 Å². The van der Waals surface area contributed by atoms with E-state index in [-0.39, 0.29) is 5.56 Å². The topological polar surface area (TPSA) is 78.9 Å². The molecule has 3 rings (SSSR count). The molecule has 3 N–H and O–H groups in total. The predicted molar refractivity (Wildman–Crippen MR) is 108 cm³/mol. The fraction of sp³-hybridized carbons (Fsp3) is 0.190. The number of halogens is 1. The maximum Gasteiger partial charge on any atom is 0.254 e. The zero-order chi connectivity index (χ0) is 19.9. The molecule has 1 aromatic heterocycles. The van der Waals surface area contributed by atoms with E-state index < -0.39 is 11.7 Å². The van der Waals surface area contributed by atoms with Gasteiger partial charge < -0.3 is 16.0 Å². The molecule has 28 heavy (non-hydrogen) atoms. The predicted octanol–water partition coefficient (Wildman–Crippen LogP) is 3.82. The summed E-state index contributed by atoms with van der Waals surface area (Å²) in [6, 6.07) is 15.7. The van der Waals surface area contributed by atoms with Crippen molar-refractivity contribution in [2.45, 2.75) is 13.8 Å². The van der Waals surface area contributed by atoms with E-state index in [2.05, 4.69) is 25.9 Å².